The highest BCUT2D eigenvalue weighted by Crippen LogP contribution is 2.20. The second-order valence-electron chi connectivity index (χ2n) is 3.14. The van der Waals surface area contributed by atoms with Crippen molar-refractivity contribution >= 4 is 16.7 Å². The summed E-state index contributed by atoms with van der Waals surface area (Å²) in [6, 6.07) is 7.51. The molecule has 0 unspecified atom stereocenters. The second-order valence-corrected chi connectivity index (χ2v) is 3.14. The molecule has 0 radical (unpaired) electrons. The molecular formula is C11H11NO2. The van der Waals surface area contributed by atoms with Crippen LogP contribution in [0.25, 0.3) is 11.0 Å². The van der Waals surface area contributed by atoms with E-state index in [4.69, 9.17) is 4.42 Å². The van der Waals surface area contributed by atoms with E-state index in [2.05, 4.69) is 5.32 Å². The Morgan fingerprint density at radius 3 is 2.71 bits per heavy atom. The van der Waals surface area contributed by atoms with Crippen molar-refractivity contribution in [1.82, 2.24) is 0 Å². The Bertz CT molecular complexity index is 528. The predicted molar refractivity (Wildman–Crippen MR) is 56.8 cm³/mol. The normalized spacial score (nSPS) is 10.4. The van der Waals surface area contributed by atoms with Gasteiger partial charge in [0.2, 0.25) is 0 Å². The van der Waals surface area contributed by atoms with E-state index < -0.39 is 0 Å². The number of hydrogen-bond acceptors (Lipinski definition) is 3. The molecule has 3 nitrogen and oxygen atoms in total. The summed E-state index contributed by atoms with van der Waals surface area (Å²) in [4.78, 5) is 11.5. The van der Waals surface area contributed by atoms with Crippen molar-refractivity contribution in [2.24, 2.45) is 0 Å². The summed E-state index contributed by atoms with van der Waals surface area (Å²) in [7, 11) is 1.72. The van der Waals surface area contributed by atoms with E-state index >= 15 is 0 Å². The number of fused-ring (bicyclic) bond motifs is 1. The fraction of sp³-hybridized carbons (Fsp3) is 0.182. The van der Waals surface area contributed by atoms with Gasteiger partial charge in [0.05, 0.1) is 0 Å². The molecule has 2 rings (SSSR count). The Kier molecular flexibility index (Phi) is 2.00. The van der Waals surface area contributed by atoms with Crippen LogP contribution < -0.4 is 10.9 Å². The predicted octanol–water partition coefficient (Wildman–Crippen LogP) is 2.14. The average Bonchev–Trinajstić information content (AvgIpc) is 2.18. The van der Waals surface area contributed by atoms with Crippen molar-refractivity contribution in [1.29, 1.82) is 0 Å². The van der Waals surface area contributed by atoms with Crippen LogP contribution in [0.4, 0.5) is 5.69 Å². The number of para-hydroxylation sites is 1. The minimum Gasteiger partial charge on any atom is -0.421 e. The number of aryl methyl sites for hydroxylation is 1. The van der Waals surface area contributed by atoms with Crippen LogP contribution in [0.3, 0.4) is 0 Å². The van der Waals surface area contributed by atoms with Crippen LogP contribution in [0, 0.1) is 6.92 Å². The molecule has 0 bridgehead atoms. The third-order valence-corrected chi connectivity index (χ3v) is 2.32. The first kappa shape index (κ1) is 8.81. The van der Waals surface area contributed by atoms with Gasteiger partial charge in [-0.05, 0) is 18.6 Å². The lowest BCUT2D eigenvalue weighted by Crippen LogP contribution is -2.08. The first-order valence-electron chi connectivity index (χ1n) is 4.44. The molecule has 3 heteroatoms. The molecule has 1 aromatic carbocycles. The number of rotatable bonds is 1. The minimum atomic E-state index is -0.316. The van der Waals surface area contributed by atoms with Gasteiger partial charge in [0.1, 0.15) is 11.3 Å². The van der Waals surface area contributed by atoms with E-state index in [1.54, 1.807) is 13.1 Å². The second kappa shape index (κ2) is 3.18. The molecule has 0 saturated carbocycles. The van der Waals surface area contributed by atoms with E-state index in [0.717, 1.165) is 10.9 Å². The third-order valence-electron chi connectivity index (χ3n) is 2.32. The fourth-order valence-electron chi connectivity index (χ4n) is 1.59. The van der Waals surface area contributed by atoms with Crippen LogP contribution in [0.5, 0.6) is 0 Å². The standard InChI is InChI=1S/C11H11NO2/c1-7-8-5-3-4-6-9(8)14-11(13)10(7)12-2/h3-6,12H,1-2H3. The van der Waals surface area contributed by atoms with Crippen molar-refractivity contribution in [2.75, 3.05) is 12.4 Å². The van der Waals surface area contributed by atoms with Crippen molar-refractivity contribution < 1.29 is 4.42 Å². The summed E-state index contributed by atoms with van der Waals surface area (Å²) in [6.07, 6.45) is 0. The number of benzene rings is 1. The van der Waals surface area contributed by atoms with Gasteiger partial charge in [-0.1, -0.05) is 18.2 Å². The molecule has 1 N–H and O–H groups in total. The topological polar surface area (TPSA) is 42.2 Å². The largest absolute Gasteiger partial charge is 0.421 e. The van der Waals surface area contributed by atoms with Crippen molar-refractivity contribution in [3.05, 3.63) is 40.2 Å². The molecule has 14 heavy (non-hydrogen) atoms. The van der Waals surface area contributed by atoms with Crippen LogP contribution in [-0.4, -0.2) is 7.05 Å². The highest BCUT2D eigenvalue weighted by Gasteiger charge is 2.08. The van der Waals surface area contributed by atoms with E-state index in [1.165, 1.54) is 0 Å². The zero-order valence-corrected chi connectivity index (χ0v) is 8.13. The Morgan fingerprint density at radius 2 is 2.00 bits per heavy atom. The zero-order valence-electron chi connectivity index (χ0n) is 8.13. The van der Waals surface area contributed by atoms with E-state index in [1.807, 2.05) is 25.1 Å². The monoisotopic (exact) mass is 189 g/mol. The SMILES string of the molecule is CNc1c(C)c2ccccc2oc1=O. The van der Waals surface area contributed by atoms with Gasteiger partial charge in [-0.2, -0.15) is 0 Å². The van der Waals surface area contributed by atoms with E-state index in [-0.39, 0.29) is 5.63 Å². The van der Waals surface area contributed by atoms with Crippen molar-refractivity contribution in [2.45, 2.75) is 6.92 Å². The van der Waals surface area contributed by atoms with Gasteiger partial charge in [-0.15, -0.1) is 0 Å². The molecular weight excluding hydrogens is 178 g/mol. The molecule has 0 saturated heterocycles. The van der Waals surface area contributed by atoms with Gasteiger partial charge in [-0.3, -0.25) is 0 Å². The third kappa shape index (κ3) is 1.18. The summed E-state index contributed by atoms with van der Waals surface area (Å²) in [6.45, 7) is 1.91. The summed E-state index contributed by atoms with van der Waals surface area (Å²) in [5.41, 5.74) is 1.78. The Morgan fingerprint density at radius 1 is 1.29 bits per heavy atom. The van der Waals surface area contributed by atoms with Crippen LogP contribution in [-0.2, 0) is 0 Å². The molecule has 2 aromatic rings. The van der Waals surface area contributed by atoms with Crippen LogP contribution >= 0.6 is 0 Å². The maximum atomic E-state index is 11.5. The molecule has 0 aliphatic rings. The van der Waals surface area contributed by atoms with Gasteiger partial charge in [0.15, 0.2) is 0 Å². The fourth-order valence-corrected chi connectivity index (χ4v) is 1.59. The van der Waals surface area contributed by atoms with Gasteiger partial charge < -0.3 is 9.73 Å². The maximum absolute atomic E-state index is 11.5. The Labute approximate surface area is 81.4 Å². The highest BCUT2D eigenvalue weighted by atomic mass is 16.4. The maximum Gasteiger partial charge on any atom is 0.360 e. The van der Waals surface area contributed by atoms with Crippen LogP contribution in [0.2, 0.25) is 0 Å². The molecule has 0 amide bonds. The summed E-state index contributed by atoms with van der Waals surface area (Å²) >= 11 is 0. The van der Waals surface area contributed by atoms with E-state index in [0.29, 0.717) is 11.3 Å². The lowest BCUT2D eigenvalue weighted by atomic mass is 10.1. The van der Waals surface area contributed by atoms with Crippen molar-refractivity contribution in [3.8, 4) is 0 Å². The van der Waals surface area contributed by atoms with Gasteiger partial charge in [0.25, 0.3) is 0 Å². The molecule has 1 aromatic heterocycles. The van der Waals surface area contributed by atoms with E-state index in [9.17, 15) is 4.79 Å². The molecule has 0 fully saturated rings. The Balaban J connectivity index is 2.93. The van der Waals surface area contributed by atoms with Gasteiger partial charge in [0, 0.05) is 12.4 Å². The molecule has 72 valence electrons. The lowest BCUT2D eigenvalue weighted by Gasteiger charge is -2.05. The quantitative estimate of drug-likeness (QED) is 0.699. The zero-order chi connectivity index (χ0) is 10.1. The summed E-state index contributed by atoms with van der Waals surface area (Å²) in [5, 5.41) is 3.82. The average molecular weight is 189 g/mol. The van der Waals surface area contributed by atoms with Crippen LogP contribution in [0.1, 0.15) is 5.56 Å². The molecule has 1 heterocycles. The molecule has 0 aliphatic carbocycles. The van der Waals surface area contributed by atoms with Gasteiger partial charge in [-0.25, -0.2) is 4.79 Å². The summed E-state index contributed by atoms with van der Waals surface area (Å²) < 4.78 is 5.15. The lowest BCUT2D eigenvalue weighted by molar-refractivity contribution is 0.562. The van der Waals surface area contributed by atoms with Crippen LogP contribution in [0.15, 0.2) is 33.5 Å². The minimum absolute atomic E-state index is 0.316. The summed E-state index contributed by atoms with van der Waals surface area (Å²) in [5.74, 6) is 0. The number of nitrogens with one attached hydrogen (secondary N) is 1. The number of hydrogen-bond donors (Lipinski definition) is 1. The smallest absolute Gasteiger partial charge is 0.360 e. The molecule has 0 atom stereocenters. The first-order chi connectivity index (χ1) is 6.74. The van der Waals surface area contributed by atoms with Gasteiger partial charge >= 0.3 is 5.63 Å². The molecule has 0 aliphatic heterocycles. The molecule has 0 spiro atoms. The number of anilines is 1. The highest BCUT2D eigenvalue weighted by molar-refractivity contribution is 5.84. The first-order valence-corrected chi connectivity index (χ1v) is 4.44. The van der Waals surface area contributed by atoms with Crippen molar-refractivity contribution in [3.63, 3.8) is 0 Å². The Hall–Kier alpha value is -1.77.